The summed E-state index contributed by atoms with van der Waals surface area (Å²) >= 11 is 3.43. The highest BCUT2D eigenvalue weighted by Gasteiger charge is 2.08. The predicted molar refractivity (Wildman–Crippen MR) is 91.6 cm³/mol. The van der Waals surface area contributed by atoms with Crippen LogP contribution in [0.3, 0.4) is 0 Å². The highest BCUT2D eigenvalue weighted by atomic mass is 79.9. The Hall–Kier alpha value is -2.14. The third kappa shape index (κ3) is 3.74. The minimum absolute atomic E-state index is 0.218. The second-order valence-electron chi connectivity index (χ2n) is 4.80. The SMILES string of the molecule is COc1ccc(/C(C)=N\NC(=O)c2ccccc2C)cc1Br. The van der Waals surface area contributed by atoms with Gasteiger partial charge >= 0.3 is 0 Å². The van der Waals surface area contributed by atoms with Crippen LogP contribution in [0.2, 0.25) is 0 Å². The van der Waals surface area contributed by atoms with Crippen molar-refractivity contribution in [1.82, 2.24) is 5.43 Å². The van der Waals surface area contributed by atoms with Gasteiger partial charge in [-0.3, -0.25) is 4.79 Å². The van der Waals surface area contributed by atoms with E-state index in [1.54, 1.807) is 13.2 Å². The average Bonchev–Trinajstić information content (AvgIpc) is 2.52. The van der Waals surface area contributed by atoms with Crippen molar-refractivity contribution in [2.75, 3.05) is 7.11 Å². The fraction of sp³-hybridized carbons (Fsp3) is 0.176. The van der Waals surface area contributed by atoms with E-state index < -0.39 is 0 Å². The lowest BCUT2D eigenvalue weighted by Gasteiger charge is -2.07. The van der Waals surface area contributed by atoms with E-state index in [0.717, 1.165) is 21.3 Å². The summed E-state index contributed by atoms with van der Waals surface area (Å²) in [5.74, 6) is 0.533. The van der Waals surface area contributed by atoms with Crippen molar-refractivity contribution in [1.29, 1.82) is 0 Å². The number of rotatable bonds is 4. The van der Waals surface area contributed by atoms with Crippen molar-refractivity contribution in [3.8, 4) is 5.75 Å². The van der Waals surface area contributed by atoms with E-state index in [1.807, 2.05) is 50.2 Å². The molecule has 22 heavy (non-hydrogen) atoms. The molecule has 0 aliphatic heterocycles. The molecule has 1 amide bonds. The lowest BCUT2D eigenvalue weighted by molar-refractivity contribution is 0.0954. The summed E-state index contributed by atoms with van der Waals surface area (Å²) in [6, 6.07) is 13.0. The van der Waals surface area contributed by atoms with Crippen LogP contribution in [0.15, 0.2) is 52.0 Å². The standard InChI is InChI=1S/C17H17BrN2O2/c1-11-6-4-5-7-14(11)17(21)20-19-12(2)13-8-9-16(22-3)15(18)10-13/h4-10H,1-3H3,(H,20,21)/b19-12-. The minimum Gasteiger partial charge on any atom is -0.496 e. The van der Waals surface area contributed by atoms with Gasteiger partial charge in [-0.25, -0.2) is 5.43 Å². The maximum absolute atomic E-state index is 12.1. The summed E-state index contributed by atoms with van der Waals surface area (Å²) in [6.45, 7) is 3.73. The molecule has 1 N–H and O–H groups in total. The zero-order chi connectivity index (χ0) is 16.1. The molecule has 0 saturated heterocycles. The van der Waals surface area contributed by atoms with Crippen LogP contribution < -0.4 is 10.2 Å². The first-order chi connectivity index (χ1) is 10.5. The molecule has 0 aliphatic rings. The van der Waals surface area contributed by atoms with Gasteiger partial charge in [0.25, 0.3) is 5.91 Å². The molecule has 0 radical (unpaired) electrons. The largest absolute Gasteiger partial charge is 0.496 e. The molecular formula is C17H17BrN2O2. The molecule has 0 unspecified atom stereocenters. The lowest BCUT2D eigenvalue weighted by atomic mass is 10.1. The van der Waals surface area contributed by atoms with Crippen LogP contribution in [-0.4, -0.2) is 18.7 Å². The van der Waals surface area contributed by atoms with E-state index in [4.69, 9.17) is 4.74 Å². The molecule has 2 aromatic carbocycles. The number of aryl methyl sites for hydroxylation is 1. The van der Waals surface area contributed by atoms with Crippen molar-refractivity contribution >= 4 is 27.5 Å². The van der Waals surface area contributed by atoms with Crippen molar-refractivity contribution in [3.05, 3.63) is 63.6 Å². The number of carbonyl (C=O) groups excluding carboxylic acids is 1. The van der Waals surface area contributed by atoms with Gasteiger partial charge in [-0.05, 0) is 65.2 Å². The zero-order valence-corrected chi connectivity index (χ0v) is 14.3. The number of ether oxygens (including phenoxy) is 1. The Morgan fingerprint density at radius 3 is 2.59 bits per heavy atom. The molecule has 0 fully saturated rings. The van der Waals surface area contributed by atoms with Gasteiger partial charge in [0.15, 0.2) is 0 Å². The molecule has 0 aromatic heterocycles. The van der Waals surface area contributed by atoms with Gasteiger partial charge in [0.2, 0.25) is 0 Å². The molecule has 0 bridgehead atoms. The number of hydrazone groups is 1. The van der Waals surface area contributed by atoms with Gasteiger partial charge in [-0.1, -0.05) is 18.2 Å². The Kier molecular flexibility index (Phi) is 5.33. The third-order valence-corrected chi connectivity index (χ3v) is 3.90. The van der Waals surface area contributed by atoms with Gasteiger partial charge in [-0.15, -0.1) is 0 Å². The van der Waals surface area contributed by atoms with Crippen molar-refractivity contribution in [3.63, 3.8) is 0 Å². The smallest absolute Gasteiger partial charge is 0.271 e. The van der Waals surface area contributed by atoms with E-state index in [2.05, 4.69) is 26.5 Å². The Labute approximate surface area is 138 Å². The number of carbonyl (C=O) groups is 1. The number of nitrogens with zero attached hydrogens (tertiary/aromatic N) is 1. The Bertz CT molecular complexity index is 726. The second kappa shape index (κ2) is 7.22. The molecule has 0 heterocycles. The summed E-state index contributed by atoms with van der Waals surface area (Å²) in [7, 11) is 1.61. The number of hydrogen-bond donors (Lipinski definition) is 1. The predicted octanol–water partition coefficient (Wildman–Crippen LogP) is 3.92. The monoisotopic (exact) mass is 360 g/mol. The van der Waals surface area contributed by atoms with Gasteiger partial charge in [0, 0.05) is 5.56 Å². The molecule has 4 nitrogen and oxygen atoms in total. The fourth-order valence-corrected chi connectivity index (χ4v) is 2.52. The first kappa shape index (κ1) is 16.2. The molecule has 0 atom stereocenters. The van der Waals surface area contributed by atoms with Gasteiger partial charge in [-0.2, -0.15) is 5.10 Å². The van der Waals surface area contributed by atoms with Crippen LogP contribution in [0.25, 0.3) is 0 Å². The summed E-state index contributed by atoms with van der Waals surface area (Å²) in [6.07, 6.45) is 0. The number of halogens is 1. The molecule has 0 saturated carbocycles. The maximum Gasteiger partial charge on any atom is 0.271 e. The van der Waals surface area contributed by atoms with Gasteiger partial charge in [0.1, 0.15) is 5.75 Å². The van der Waals surface area contributed by atoms with E-state index in [0.29, 0.717) is 11.3 Å². The fourth-order valence-electron chi connectivity index (χ4n) is 1.98. The molecule has 0 spiro atoms. The number of benzene rings is 2. The number of amides is 1. The van der Waals surface area contributed by atoms with E-state index in [-0.39, 0.29) is 5.91 Å². The molecule has 114 valence electrons. The van der Waals surface area contributed by atoms with Crippen molar-refractivity contribution < 1.29 is 9.53 Å². The lowest BCUT2D eigenvalue weighted by Crippen LogP contribution is -2.20. The minimum atomic E-state index is -0.218. The van der Waals surface area contributed by atoms with Gasteiger partial charge < -0.3 is 4.74 Å². The Balaban J connectivity index is 2.14. The van der Waals surface area contributed by atoms with Crippen LogP contribution in [0.4, 0.5) is 0 Å². The normalized spacial score (nSPS) is 11.2. The molecule has 5 heteroatoms. The first-order valence-corrected chi connectivity index (χ1v) is 7.56. The van der Waals surface area contributed by atoms with Crippen LogP contribution in [0, 0.1) is 6.92 Å². The van der Waals surface area contributed by atoms with Crippen molar-refractivity contribution in [2.24, 2.45) is 5.10 Å². The summed E-state index contributed by atoms with van der Waals surface area (Å²) in [5.41, 5.74) is 5.74. The van der Waals surface area contributed by atoms with Crippen LogP contribution in [0.5, 0.6) is 5.75 Å². The maximum atomic E-state index is 12.1. The third-order valence-electron chi connectivity index (χ3n) is 3.28. The highest BCUT2D eigenvalue weighted by molar-refractivity contribution is 9.10. The molecular weight excluding hydrogens is 344 g/mol. The van der Waals surface area contributed by atoms with Crippen LogP contribution in [0.1, 0.15) is 28.4 Å². The average molecular weight is 361 g/mol. The molecule has 2 rings (SSSR count). The highest BCUT2D eigenvalue weighted by Crippen LogP contribution is 2.25. The number of nitrogens with one attached hydrogen (secondary N) is 1. The number of hydrogen-bond acceptors (Lipinski definition) is 3. The topological polar surface area (TPSA) is 50.7 Å². The summed E-state index contributed by atoms with van der Waals surface area (Å²) in [5, 5.41) is 4.16. The molecule has 2 aromatic rings. The van der Waals surface area contributed by atoms with Crippen molar-refractivity contribution in [2.45, 2.75) is 13.8 Å². The quantitative estimate of drug-likeness (QED) is 0.663. The van der Waals surface area contributed by atoms with Crippen LogP contribution in [-0.2, 0) is 0 Å². The van der Waals surface area contributed by atoms with Crippen LogP contribution >= 0.6 is 15.9 Å². The Morgan fingerprint density at radius 2 is 1.95 bits per heavy atom. The molecule has 0 aliphatic carbocycles. The van der Waals surface area contributed by atoms with E-state index >= 15 is 0 Å². The Morgan fingerprint density at radius 1 is 1.23 bits per heavy atom. The van der Waals surface area contributed by atoms with E-state index in [9.17, 15) is 4.79 Å². The second-order valence-corrected chi connectivity index (χ2v) is 5.66. The van der Waals surface area contributed by atoms with Gasteiger partial charge in [0.05, 0.1) is 17.3 Å². The van der Waals surface area contributed by atoms with E-state index in [1.165, 1.54) is 0 Å². The number of methoxy groups -OCH3 is 1. The summed E-state index contributed by atoms with van der Waals surface area (Å²) in [4.78, 5) is 12.1. The summed E-state index contributed by atoms with van der Waals surface area (Å²) < 4.78 is 6.03. The zero-order valence-electron chi connectivity index (χ0n) is 12.7. The first-order valence-electron chi connectivity index (χ1n) is 6.77.